The Labute approximate surface area is 163 Å². The van der Waals surface area contributed by atoms with E-state index in [9.17, 15) is 9.90 Å². The molecule has 0 aliphatic carbocycles. The maximum absolute atomic E-state index is 12.8. The van der Waals surface area contributed by atoms with Crippen LogP contribution in [0, 0.1) is 0 Å². The minimum Gasteiger partial charge on any atom is -0.507 e. The highest BCUT2D eigenvalue weighted by atomic mass is 16.5. The number of allylic oxidation sites excluding steroid dienone is 1. The van der Waals surface area contributed by atoms with Crippen LogP contribution in [0.5, 0.6) is 17.2 Å². The first-order valence-corrected chi connectivity index (χ1v) is 9.47. The van der Waals surface area contributed by atoms with E-state index in [4.69, 9.17) is 14.2 Å². The Morgan fingerprint density at radius 1 is 1.14 bits per heavy atom. The number of rotatable bonds is 5. The molecule has 6 heteroatoms. The van der Waals surface area contributed by atoms with E-state index >= 15 is 0 Å². The third-order valence-corrected chi connectivity index (χ3v) is 4.89. The Balaban J connectivity index is 1.59. The molecule has 0 radical (unpaired) electrons. The number of fused-ring (bicyclic) bond motifs is 1. The van der Waals surface area contributed by atoms with E-state index in [-0.39, 0.29) is 17.3 Å². The fraction of sp³-hybridized carbons (Fsp3) is 0.318. The standard InChI is InChI=1S/C22H23NO5/c1-2-27-16-5-3-15(4-6-16)13-20-21(25)17-7-8-19(24)18(22(17)28-20)14-23-9-11-26-12-10-23/h3-8,13,24H,2,9-12,14H2,1H3. The van der Waals surface area contributed by atoms with Crippen LogP contribution in [0.15, 0.2) is 42.2 Å². The van der Waals surface area contributed by atoms with Crippen LogP contribution in [0.25, 0.3) is 6.08 Å². The van der Waals surface area contributed by atoms with Gasteiger partial charge in [-0.1, -0.05) is 12.1 Å². The number of ether oxygens (including phenoxy) is 3. The number of morpholine rings is 1. The predicted molar refractivity (Wildman–Crippen MR) is 105 cm³/mol. The molecule has 2 aliphatic rings. The molecule has 2 aromatic carbocycles. The van der Waals surface area contributed by atoms with E-state index in [2.05, 4.69) is 4.90 Å². The number of hydrogen-bond donors (Lipinski definition) is 1. The number of carbonyl (C=O) groups is 1. The van der Waals surface area contributed by atoms with E-state index in [0.717, 1.165) is 24.4 Å². The van der Waals surface area contributed by atoms with Gasteiger partial charge in [0.05, 0.1) is 30.9 Å². The minimum atomic E-state index is -0.174. The molecule has 1 N–H and O–H groups in total. The van der Waals surface area contributed by atoms with Crippen LogP contribution < -0.4 is 9.47 Å². The highest BCUT2D eigenvalue weighted by Gasteiger charge is 2.31. The number of nitrogens with zero attached hydrogens (tertiary/aromatic N) is 1. The van der Waals surface area contributed by atoms with Crippen molar-refractivity contribution < 1.29 is 24.1 Å². The summed E-state index contributed by atoms with van der Waals surface area (Å²) >= 11 is 0. The summed E-state index contributed by atoms with van der Waals surface area (Å²) in [7, 11) is 0. The molecule has 6 nitrogen and oxygen atoms in total. The highest BCUT2D eigenvalue weighted by molar-refractivity contribution is 6.15. The first-order chi connectivity index (χ1) is 13.7. The lowest BCUT2D eigenvalue weighted by Gasteiger charge is -2.27. The molecule has 0 aromatic heterocycles. The lowest BCUT2D eigenvalue weighted by Crippen LogP contribution is -2.35. The molecule has 0 bridgehead atoms. The smallest absolute Gasteiger partial charge is 0.231 e. The van der Waals surface area contributed by atoms with E-state index in [1.165, 1.54) is 0 Å². The lowest BCUT2D eigenvalue weighted by molar-refractivity contribution is 0.0336. The molecule has 0 atom stereocenters. The van der Waals surface area contributed by atoms with E-state index in [0.29, 0.717) is 43.2 Å². The van der Waals surface area contributed by atoms with Gasteiger partial charge in [0.2, 0.25) is 5.78 Å². The monoisotopic (exact) mass is 381 g/mol. The normalized spacial score (nSPS) is 18.2. The molecule has 1 fully saturated rings. The molecule has 2 aromatic rings. The van der Waals surface area contributed by atoms with Crippen molar-refractivity contribution >= 4 is 11.9 Å². The van der Waals surface area contributed by atoms with Crippen LogP contribution in [0.1, 0.15) is 28.4 Å². The third kappa shape index (κ3) is 3.74. The zero-order valence-electron chi connectivity index (χ0n) is 15.8. The second-order valence-corrected chi connectivity index (χ2v) is 6.77. The highest BCUT2D eigenvalue weighted by Crippen LogP contribution is 2.40. The van der Waals surface area contributed by atoms with Crippen molar-refractivity contribution in [1.82, 2.24) is 4.90 Å². The molecule has 4 rings (SSSR count). The van der Waals surface area contributed by atoms with Crippen molar-refractivity contribution in [2.75, 3.05) is 32.9 Å². The topological polar surface area (TPSA) is 68.2 Å². The van der Waals surface area contributed by atoms with Crippen molar-refractivity contribution in [1.29, 1.82) is 0 Å². The molecular formula is C22H23NO5. The van der Waals surface area contributed by atoms with Gasteiger partial charge in [0.1, 0.15) is 17.2 Å². The van der Waals surface area contributed by atoms with Gasteiger partial charge in [0.25, 0.3) is 0 Å². The van der Waals surface area contributed by atoms with Crippen LogP contribution in [0.3, 0.4) is 0 Å². The van der Waals surface area contributed by atoms with Crippen molar-refractivity contribution in [3.05, 3.63) is 58.8 Å². The molecule has 28 heavy (non-hydrogen) atoms. The van der Waals surface area contributed by atoms with Crippen LogP contribution >= 0.6 is 0 Å². The molecule has 0 spiro atoms. The maximum Gasteiger partial charge on any atom is 0.231 e. The average Bonchev–Trinajstić information content (AvgIpc) is 3.02. The van der Waals surface area contributed by atoms with Crippen LogP contribution in [0.2, 0.25) is 0 Å². The van der Waals surface area contributed by atoms with Crippen LogP contribution in [0.4, 0.5) is 0 Å². The molecular weight excluding hydrogens is 358 g/mol. The second kappa shape index (κ2) is 8.04. The zero-order chi connectivity index (χ0) is 19.5. The molecule has 1 saturated heterocycles. The van der Waals surface area contributed by atoms with Gasteiger partial charge in [-0.2, -0.15) is 0 Å². The van der Waals surface area contributed by atoms with Gasteiger partial charge in [0.15, 0.2) is 5.76 Å². The zero-order valence-corrected chi connectivity index (χ0v) is 15.8. The number of carbonyl (C=O) groups excluding carboxylic acids is 1. The number of phenolic OH excluding ortho intramolecular Hbond substituents is 1. The Kier molecular flexibility index (Phi) is 5.32. The molecule has 2 heterocycles. The fourth-order valence-electron chi connectivity index (χ4n) is 3.41. The number of hydrogen-bond acceptors (Lipinski definition) is 6. The number of aromatic hydroxyl groups is 1. The average molecular weight is 381 g/mol. The summed E-state index contributed by atoms with van der Waals surface area (Å²) in [6.45, 7) is 5.95. The summed E-state index contributed by atoms with van der Waals surface area (Å²) in [6.07, 6.45) is 1.72. The lowest BCUT2D eigenvalue weighted by atomic mass is 10.0. The molecule has 2 aliphatic heterocycles. The summed E-state index contributed by atoms with van der Waals surface area (Å²) in [5.74, 6) is 1.46. The van der Waals surface area contributed by atoms with Crippen molar-refractivity contribution in [2.45, 2.75) is 13.5 Å². The van der Waals surface area contributed by atoms with Gasteiger partial charge in [-0.05, 0) is 42.8 Å². The van der Waals surface area contributed by atoms with Gasteiger partial charge in [-0.3, -0.25) is 9.69 Å². The Morgan fingerprint density at radius 2 is 1.89 bits per heavy atom. The first-order valence-electron chi connectivity index (χ1n) is 9.47. The molecule has 0 amide bonds. The largest absolute Gasteiger partial charge is 0.507 e. The minimum absolute atomic E-state index is 0.139. The summed E-state index contributed by atoms with van der Waals surface area (Å²) in [6, 6.07) is 10.7. The summed E-state index contributed by atoms with van der Waals surface area (Å²) in [5.41, 5.74) is 1.97. The summed E-state index contributed by atoms with van der Waals surface area (Å²) in [5, 5.41) is 10.4. The van der Waals surface area contributed by atoms with Crippen LogP contribution in [-0.4, -0.2) is 48.7 Å². The number of Topliss-reactive ketones (excluding diaryl/α,β-unsaturated/α-hetero) is 1. The molecule has 0 unspecified atom stereocenters. The van der Waals surface area contributed by atoms with Gasteiger partial charge < -0.3 is 19.3 Å². The van der Waals surface area contributed by atoms with Crippen molar-refractivity contribution in [3.63, 3.8) is 0 Å². The summed E-state index contributed by atoms with van der Waals surface area (Å²) < 4.78 is 16.7. The van der Waals surface area contributed by atoms with E-state index in [1.807, 2.05) is 31.2 Å². The van der Waals surface area contributed by atoms with Gasteiger partial charge >= 0.3 is 0 Å². The molecule has 146 valence electrons. The third-order valence-electron chi connectivity index (χ3n) is 4.89. The van der Waals surface area contributed by atoms with Gasteiger partial charge in [-0.15, -0.1) is 0 Å². The van der Waals surface area contributed by atoms with Gasteiger partial charge in [-0.25, -0.2) is 0 Å². The second-order valence-electron chi connectivity index (χ2n) is 6.77. The number of phenols is 1. The predicted octanol–water partition coefficient (Wildman–Crippen LogP) is 3.24. The Bertz CT molecular complexity index is 898. The maximum atomic E-state index is 12.8. The van der Waals surface area contributed by atoms with Crippen molar-refractivity contribution in [2.24, 2.45) is 0 Å². The van der Waals surface area contributed by atoms with E-state index < -0.39 is 0 Å². The summed E-state index contributed by atoms with van der Waals surface area (Å²) in [4.78, 5) is 15.0. The SMILES string of the molecule is CCOc1ccc(C=C2Oc3c(ccc(O)c3CN3CCOCC3)C2=O)cc1. The van der Waals surface area contributed by atoms with Crippen LogP contribution in [-0.2, 0) is 11.3 Å². The first kappa shape index (κ1) is 18.5. The number of ketones is 1. The van der Waals surface area contributed by atoms with Gasteiger partial charge in [0, 0.05) is 19.6 Å². The Hall–Kier alpha value is -2.83. The van der Waals surface area contributed by atoms with Crippen molar-refractivity contribution in [3.8, 4) is 17.2 Å². The number of benzene rings is 2. The Morgan fingerprint density at radius 3 is 2.61 bits per heavy atom. The quantitative estimate of drug-likeness (QED) is 0.802. The van der Waals surface area contributed by atoms with E-state index in [1.54, 1.807) is 18.2 Å². The fourth-order valence-corrected chi connectivity index (χ4v) is 3.41. The molecule has 0 saturated carbocycles.